The summed E-state index contributed by atoms with van der Waals surface area (Å²) < 4.78 is 10.6. The lowest BCUT2D eigenvalue weighted by molar-refractivity contribution is -0.00139. The van der Waals surface area contributed by atoms with Crippen LogP contribution in [-0.2, 0) is 4.74 Å². The number of nitrogens with zero attached hydrogens (tertiary/aromatic N) is 2. The van der Waals surface area contributed by atoms with Crippen LogP contribution in [-0.4, -0.2) is 43.8 Å². The Morgan fingerprint density at radius 3 is 3.05 bits per heavy atom. The average Bonchev–Trinajstić information content (AvgIpc) is 2.47. The molecule has 0 aliphatic carbocycles. The molecule has 1 heterocycles. The molecule has 6 heteroatoms. The van der Waals surface area contributed by atoms with E-state index < -0.39 is 0 Å². The lowest BCUT2D eigenvalue weighted by Gasteiger charge is -2.31. The molecule has 0 radical (unpaired) electrons. The highest BCUT2D eigenvalue weighted by molar-refractivity contribution is 5.91. The van der Waals surface area contributed by atoms with Gasteiger partial charge in [-0.3, -0.25) is 0 Å². The third-order valence-corrected chi connectivity index (χ3v) is 3.10. The third-order valence-electron chi connectivity index (χ3n) is 3.10. The Labute approximate surface area is 117 Å². The molecule has 2 rings (SSSR count). The number of ether oxygens (including phenoxy) is 2. The Hall–Kier alpha value is -2.26. The summed E-state index contributed by atoms with van der Waals surface area (Å²) in [5.74, 6) is 0.527. The van der Waals surface area contributed by atoms with Crippen molar-refractivity contribution in [3.8, 4) is 11.8 Å². The van der Waals surface area contributed by atoms with Crippen LogP contribution in [0.3, 0.4) is 0 Å². The van der Waals surface area contributed by atoms with E-state index in [0.717, 1.165) is 0 Å². The van der Waals surface area contributed by atoms with Crippen LogP contribution in [0.15, 0.2) is 18.2 Å². The smallest absolute Gasteiger partial charge is 0.322 e. The molecular weight excluding hydrogens is 258 g/mol. The second kappa shape index (κ2) is 6.26. The van der Waals surface area contributed by atoms with Crippen LogP contribution in [0.5, 0.6) is 5.75 Å². The molecule has 1 atom stereocenters. The first-order valence-electron chi connectivity index (χ1n) is 6.39. The largest absolute Gasteiger partial charge is 0.495 e. The Bertz CT molecular complexity index is 539. The number of morpholine rings is 1. The van der Waals surface area contributed by atoms with Gasteiger partial charge in [-0.1, -0.05) is 0 Å². The summed E-state index contributed by atoms with van der Waals surface area (Å²) >= 11 is 0. The van der Waals surface area contributed by atoms with E-state index in [1.165, 1.54) is 7.11 Å². The van der Waals surface area contributed by atoms with Crippen LogP contribution in [0.4, 0.5) is 10.5 Å². The van der Waals surface area contributed by atoms with Crippen molar-refractivity contribution >= 4 is 11.7 Å². The number of methoxy groups -OCH3 is 1. The highest BCUT2D eigenvalue weighted by Gasteiger charge is 2.22. The van der Waals surface area contributed by atoms with Crippen molar-refractivity contribution in [1.29, 1.82) is 5.26 Å². The second-order valence-corrected chi connectivity index (χ2v) is 4.58. The Kier molecular flexibility index (Phi) is 4.43. The molecular formula is C14H17N3O3. The van der Waals surface area contributed by atoms with Gasteiger partial charge in [-0.15, -0.1) is 0 Å². The molecule has 1 aliphatic rings. The molecule has 1 aromatic rings. The number of amides is 2. The summed E-state index contributed by atoms with van der Waals surface area (Å²) in [6, 6.07) is 6.73. The van der Waals surface area contributed by atoms with Gasteiger partial charge < -0.3 is 19.7 Å². The van der Waals surface area contributed by atoms with E-state index in [1.807, 2.05) is 13.0 Å². The Morgan fingerprint density at radius 1 is 1.60 bits per heavy atom. The Balaban J connectivity index is 2.12. The van der Waals surface area contributed by atoms with E-state index >= 15 is 0 Å². The standard InChI is InChI=1S/C14H17N3O3/c1-10-9-17(5-6-20-10)14(18)16-12-7-11(8-15)3-4-13(12)19-2/h3-4,7,10H,5-6,9H2,1-2H3,(H,16,18). The van der Waals surface area contributed by atoms with Gasteiger partial charge in [0.05, 0.1) is 37.1 Å². The number of hydrogen-bond acceptors (Lipinski definition) is 4. The molecule has 0 spiro atoms. The number of carbonyl (C=O) groups is 1. The fraction of sp³-hybridized carbons (Fsp3) is 0.429. The quantitative estimate of drug-likeness (QED) is 0.893. The average molecular weight is 275 g/mol. The van der Waals surface area contributed by atoms with Crippen molar-refractivity contribution in [2.45, 2.75) is 13.0 Å². The molecule has 0 aromatic heterocycles. The minimum Gasteiger partial charge on any atom is -0.495 e. The minimum atomic E-state index is -0.214. The van der Waals surface area contributed by atoms with Crippen LogP contribution >= 0.6 is 0 Å². The molecule has 1 unspecified atom stereocenters. The molecule has 1 N–H and O–H groups in total. The fourth-order valence-corrected chi connectivity index (χ4v) is 2.07. The third kappa shape index (κ3) is 3.19. The zero-order chi connectivity index (χ0) is 14.5. The molecule has 2 amide bonds. The van der Waals surface area contributed by atoms with Gasteiger partial charge in [-0.2, -0.15) is 5.26 Å². The van der Waals surface area contributed by atoms with Crippen molar-refractivity contribution in [3.05, 3.63) is 23.8 Å². The van der Waals surface area contributed by atoms with Crippen LogP contribution in [0, 0.1) is 11.3 Å². The van der Waals surface area contributed by atoms with E-state index in [-0.39, 0.29) is 12.1 Å². The SMILES string of the molecule is COc1ccc(C#N)cc1NC(=O)N1CCOC(C)C1. The van der Waals surface area contributed by atoms with Crippen LogP contribution in [0.1, 0.15) is 12.5 Å². The van der Waals surface area contributed by atoms with Gasteiger partial charge in [-0.05, 0) is 25.1 Å². The van der Waals surface area contributed by atoms with Gasteiger partial charge in [0.2, 0.25) is 0 Å². The second-order valence-electron chi connectivity index (χ2n) is 4.58. The van der Waals surface area contributed by atoms with Crippen LogP contribution in [0.2, 0.25) is 0 Å². The molecule has 0 bridgehead atoms. The predicted octanol–water partition coefficient (Wildman–Crippen LogP) is 1.82. The number of carbonyl (C=O) groups excluding carboxylic acids is 1. The molecule has 1 fully saturated rings. The molecule has 106 valence electrons. The predicted molar refractivity (Wildman–Crippen MR) is 73.7 cm³/mol. The van der Waals surface area contributed by atoms with E-state index in [0.29, 0.717) is 36.7 Å². The van der Waals surface area contributed by atoms with E-state index in [1.54, 1.807) is 23.1 Å². The number of anilines is 1. The van der Waals surface area contributed by atoms with Gasteiger partial charge in [0.1, 0.15) is 5.75 Å². The maximum Gasteiger partial charge on any atom is 0.322 e. The molecule has 1 aromatic carbocycles. The monoisotopic (exact) mass is 275 g/mol. The first-order chi connectivity index (χ1) is 9.63. The van der Waals surface area contributed by atoms with Crippen molar-refractivity contribution < 1.29 is 14.3 Å². The summed E-state index contributed by atoms with van der Waals surface area (Å²) in [6.45, 7) is 3.56. The number of urea groups is 1. The van der Waals surface area contributed by atoms with E-state index in [4.69, 9.17) is 14.7 Å². The highest BCUT2D eigenvalue weighted by atomic mass is 16.5. The van der Waals surface area contributed by atoms with Crippen molar-refractivity contribution in [1.82, 2.24) is 4.90 Å². The summed E-state index contributed by atoms with van der Waals surface area (Å²) in [7, 11) is 1.52. The van der Waals surface area contributed by atoms with Crippen molar-refractivity contribution in [2.75, 3.05) is 32.1 Å². The number of rotatable bonds is 2. The van der Waals surface area contributed by atoms with Crippen LogP contribution < -0.4 is 10.1 Å². The van der Waals surface area contributed by atoms with Crippen molar-refractivity contribution in [2.24, 2.45) is 0 Å². The zero-order valence-corrected chi connectivity index (χ0v) is 11.5. The fourth-order valence-electron chi connectivity index (χ4n) is 2.07. The summed E-state index contributed by atoms with van der Waals surface area (Å²) in [5, 5.41) is 11.7. The summed E-state index contributed by atoms with van der Waals surface area (Å²) in [4.78, 5) is 13.9. The van der Waals surface area contributed by atoms with E-state index in [9.17, 15) is 4.79 Å². The van der Waals surface area contributed by atoms with Gasteiger partial charge in [0.25, 0.3) is 0 Å². The van der Waals surface area contributed by atoms with Gasteiger partial charge in [0.15, 0.2) is 0 Å². The van der Waals surface area contributed by atoms with Gasteiger partial charge >= 0.3 is 6.03 Å². The lowest BCUT2D eigenvalue weighted by atomic mass is 10.2. The number of nitriles is 1. The Morgan fingerprint density at radius 2 is 2.40 bits per heavy atom. The molecule has 1 aliphatic heterocycles. The molecule has 6 nitrogen and oxygen atoms in total. The summed E-state index contributed by atoms with van der Waals surface area (Å²) in [5.41, 5.74) is 0.965. The molecule has 0 saturated carbocycles. The minimum absolute atomic E-state index is 0.0295. The maximum absolute atomic E-state index is 12.2. The van der Waals surface area contributed by atoms with Crippen LogP contribution in [0.25, 0.3) is 0 Å². The van der Waals surface area contributed by atoms with Crippen molar-refractivity contribution in [3.63, 3.8) is 0 Å². The first kappa shape index (κ1) is 14.2. The lowest BCUT2D eigenvalue weighted by Crippen LogP contribution is -2.46. The zero-order valence-electron chi connectivity index (χ0n) is 11.5. The summed E-state index contributed by atoms with van der Waals surface area (Å²) in [6.07, 6.45) is 0.0295. The van der Waals surface area contributed by atoms with Gasteiger partial charge in [-0.25, -0.2) is 4.79 Å². The topological polar surface area (TPSA) is 74.6 Å². The molecule has 20 heavy (non-hydrogen) atoms. The number of benzene rings is 1. The normalized spacial score (nSPS) is 18.2. The molecule has 1 saturated heterocycles. The maximum atomic E-state index is 12.2. The number of nitrogens with one attached hydrogen (secondary N) is 1. The highest BCUT2D eigenvalue weighted by Crippen LogP contribution is 2.25. The van der Waals surface area contributed by atoms with E-state index in [2.05, 4.69) is 5.32 Å². The number of hydrogen-bond donors (Lipinski definition) is 1. The van der Waals surface area contributed by atoms with Gasteiger partial charge in [0, 0.05) is 13.1 Å². The first-order valence-corrected chi connectivity index (χ1v) is 6.39.